The molecule has 0 aromatic rings. The fourth-order valence-corrected chi connectivity index (χ4v) is 5.09. The Bertz CT molecular complexity index is 301. The van der Waals surface area contributed by atoms with E-state index in [2.05, 4.69) is 0 Å². The smallest absolute Gasteiger partial charge is 0.322 e. The van der Waals surface area contributed by atoms with Crippen LogP contribution in [0.4, 0.5) is 0 Å². The summed E-state index contributed by atoms with van der Waals surface area (Å²) in [7, 11) is 1.70. The van der Waals surface area contributed by atoms with Crippen molar-refractivity contribution in [2.45, 2.75) is 38.1 Å². The van der Waals surface area contributed by atoms with E-state index in [1.165, 1.54) is 37.1 Å². The van der Waals surface area contributed by atoms with Gasteiger partial charge in [0.1, 0.15) is 6.04 Å². The molecule has 4 nitrogen and oxygen atoms in total. The van der Waals surface area contributed by atoms with Crippen molar-refractivity contribution < 1.29 is 9.90 Å². The highest BCUT2D eigenvalue weighted by atomic mass is 16.4. The fourth-order valence-electron chi connectivity index (χ4n) is 5.09. The maximum atomic E-state index is 11.4. The maximum absolute atomic E-state index is 11.4. The Labute approximate surface area is 102 Å². The Hall–Kier alpha value is -0.610. The Morgan fingerprint density at radius 1 is 1.18 bits per heavy atom. The lowest BCUT2D eigenvalue weighted by Gasteiger charge is -2.56. The Balaban J connectivity index is 1.85. The molecule has 0 radical (unpaired) electrons. The van der Waals surface area contributed by atoms with Crippen molar-refractivity contribution in [2.75, 3.05) is 7.05 Å². The van der Waals surface area contributed by atoms with Crippen LogP contribution >= 0.6 is 0 Å². The second-order valence-corrected chi connectivity index (χ2v) is 6.46. The molecule has 0 aromatic carbocycles. The van der Waals surface area contributed by atoms with Crippen LogP contribution in [-0.4, -0.2) is 29.2 Å². The van der Waals surface area contributed by atoms with Crippen LogP contribution < -0.4 is 5.84 Å². The number of nitrogens with two attached hydrogens (primary N) is 1. The lowest BCUT2D eigenvalue weighted by Crippen LogP contribution is -2.57. The number of rotatable bonds is 3. The van der Waals surface area contributed by atoms with Gasteiger partial charge in [-0.2, -0.15) is 0 Å². The number of hydrogen-bond acceptors (Lipinski definition) is 3. The van der Waals surface area contributed by atoms with Gasteiger partial charge in [-0.05, 0) is 61.7 Å². The van der Waals surface area contributed by atoms with Gasteiger partial charge in [0, 0.05) is 7.05 Å². The zero-order valence-electron chi connectivity index (χ0n) is 10.4. The van der Waals surface area contributed by atoms with Crippen molar-refractivity contribution in [3.8, 4) is 0 Å². The van der Waals surface area contributed by atoms with Crippen LogP contribution in [0.15, 0.2) is 0 Å². The Kier molecular flexibility index (Phi) is 2.67. The van der Waals surface area contributed by atoms with E-state index in [1.54, 1.807) is 7.05 Å². The van der Waals surface area contributed by atoms with Gasteiger partial charge in [0.2, 0.25) is 0 Å². The molecule has 0 heterocycles. The first-order valence-corrected chi connectivity index (χ1v) is 6.76. The zero-order chi connectivity index (χ0) is 12.2. The SMILES string of the molecule is CN(N)C(C(=O)O)C1C2CC3CC(C2)CC1C3. The molecule has 4 saturated carbocycles. The fraction of sp³-hybridized carbons (Fsp3) is 0.923. The van der Waals surface area contributed by atoms with Gasteiger partial charge < -0.3 is 5.11 Å². The zero-order valence-corrected chi connectivity index (χ0v) is 10.4. The highest BCUT2D eigenvalue weighted by molar-refractivity contribution is 5.74. The molecule has 1 unspecified atom stereocenters. The second-order valence-electron chi connectivity index (χ2n) is 6.46. The quantitative estimate of drug-likeness (QED) is 0.575. The first-order chi connectivity index (χ1) is 8.06. The first-order valence-electron chi connectivity index (χ1n) is 6.76. The lowest BCUT2D eigenvalue weighted by molar-refractivity contribution is -0.153. The summed E-state index contributed by atoms with van der Waals surface area (Å²) in [6, 6.07) is -0.481. The average molecular weight is 238 g/mol. The number of hydrazine groups is 1. The predicted octanol–water partition coefficient (Wildman–Crippen LogP) is 1.32. The van der Waals surface area contributed by atoms with Gasteiger partial charge >= 0.3 is 5.97 Å². The number of carboxylic acids is 1. The number of nitrogens with zero attached hydrogens (tertiary/aromatic N) is 1. The van der Waals surface area contributed by atoms with Crippen LogP contribution in [0.3, 0.4) is 0 Å². The van der Waals surface area contributed by atoms with Crippen molar-refractivity contribution in [2.24, 2.45) is 35.4 Å². The normalized spacial score (nSPS) is 45.2. The van der Waals surface area contributed by atoms with Crippen LogP contribution in [0.25, 0.3) is 0 Å². The summed E-state index contributed by atoms with van der Waals surface area (Å²) in [4.78, 5) is 11.4. The minimum atomic E-state index is -0.743. The van der Waals surface area contributed by atoms with E-state index in [0.717, 1.165) is 11.8 Å². The molecular weight excluding hydrogens is 216 g/mol. The van der Waals surface area contributed by atoms with Crippen LogP contribution in [-0.2, 0) is 4.79 Å². The summed E-state index contributed by atoms with van der Waals surface area (Å²) >= 11 is 0. The van der Waals surface area contributed by atoms with Crippen LogP contribution in [0.1, 0.15) is 32.1 Å². The van der Waals surface area contributed by atoms with Crippen molar-refractivity contribution in [1.82, 2.24) is 5.01 Å². The largest absolute Gasteiger partial charge is 0.480 e. The molecule has 0 aromatic heterocycles. The van der Waals surface area contributed by atoms with E-state index in [9.17, 15) is 9.90 Å². The molecule has 0 saturated heterocycles. The summed E-state index contributed by atoms with van der Waals surface area (Å²) in [5, 5.41) is 10.8. The molecule has 4 aliphatic rings. The van der Waals surface area contributed by atoms with E-state index in [1.807, 2.05) is 0 Å². The standard InChI is InChI=1S/C13H22N2O2/c1-15(14)12(13(16)17)11-9-3-7-2-8(5-9)6-10(11)4-7/h7-12H,2-6,14H2,1H3,(H,16,17). The molecule has 0 amide bonds. The monoisotopic (exact) mass is 238 g/mol. The van der Waals surface area contributed by atoms with Gasteiger partial charge in [-0.3, -0.25) is 10.6 Å². The molecule has 96 valence electrons. The minimum Gasteiger partial charge on any atom is -0.480 e. The molecule has 4 heteroatoms. The summed E-state index contributed by atoms with van der Waals surface area (Å²) in [5.74, 6) is 8.30. The molecule has 4 fully saturated rings. The third-order valence-electron chi connectivity index (χ3n) is 5.36. The molecule has 4 bridgehead atoms. The predicted molar refractivity (Wildman–Crippen MR) is 63.9 cm³/mol. The number of aliphatic carboxylic acids is 1. The van der Waals surface area contributed by atoms with Crippen molar-refractivity contribution in [1.29, 1.82) is 0 Å². The van der Waals surface area contributed by atoms with Crippen LogP contribution in [0.2, 0.25) is 0 Å². The number of carbonyl (C=O) groups is 1. The number of likely N-dealkylation sites (N-methyl/N-ethyl adjacent to an activating group) is 1. The van der Waals surface area contributed by atoms with E-state index < -0.39 is 12.0 Å². The van der Waals surface area contributed by atoms with E-state index >= 15 is 0 Å². The molecule has 17 heavy (non-hydrogen) atoms. The van der Waals surface area contributed by atoms with Gasteiger partial charge in [0.15, 0.2) is 0 Å². The second kappa shape index (κ2) is 3.95. The third kappa shape index (κ3) is 1.78. The van der Waals surface area contributed by atoms with Gasteiger partial charge in [-0.25, -0.2) is 5.01 Å². The molecule has 1 atom stereocenters. The average Bonchev–Trinajstić information content (AvgIpc) is 2.20. The molecule has 0 spiro atoms. The first kappa shape index (κ1) is 11.5. The summed E-state index contributed by atoms with van der Waals surface area (Å²) in [5.41, 5.74) is 0. The molecule has 3 N–H and O–H groups in total. The minimum absolute atomic E-state index is 0.287. The topological polar surface area (TPSA) is 66.6 Å². The molecule has 4 rings (SSSR count). The molecule has 0 aliphatic heterocycles. The number of hydrogen-bond donors (Lipinski definition) is 2. The van der Waals surface area contributed by atoms with E-state index in [4.69, 9.17) is 5.84 Å². The highest BCUT2D eigenvalue weighted by Crippen LogP contribution is 2.57. The number of carboxylic acid groups (broad SMARTS) is 1. The van der Waals surface area contributed by atoms with Gasteiger partial charge in [0.25, 0.3) is 0 Å². The van der Waals surface area contributed by atoms with Gasteiger partial charge in [0.05, 0.1) is 0 Å². The highest BCUT2D eigenvalue weighted by Gasteiger charge is 2.52. The van der Waals surface area contributed by atoms with Crippen molar-refractivity contribution in [3.63, 3.8) is 0 Å². The summed E-state index contributed by atoms with van der Waals surface area (Å²) < 4.78 is 0. The Morgan fingerprint density at radius 2 is 1.65 bits per heavy atom. The third-order valence-corrected chi connectivity index (χ3v) is 5.36. The van der Waals surface area contributed by atoms with Crippen molar-refractivity contribution in [3.05, 3.63) is 0 Å². The summed E-state index contributed by atoms with van der Waals surface area (Å²) in [6.07, 6.45) is 6.38. The summed E-state index contributed by atoms with van der Waals surface area (Å²) in [6.45, 7) is 0. The van der Waals surface area contributed by atoms with Crippen molar-refractivity contribution >= 4 is 5.97 Å². The lowest BCUT2D eigenvalue weighted by atomic mass is 9.50. The Morgan fingerprint density at radius 3 is 2.00 bits per heavy atom. The molecular formula is C13H22N2O2. The van der Waals surface area contributed by atoms with Gasteiger partial charge in [-0.1, -0.05) is 0 Å². The maximum Gasteiger partial charge on any atom is 0.322 e. The van der Waals surface area contributed by atoms with E-state index in [-0.39, 0.29) is 5.92 Å². The van der Waals surface area contributed by atoms with Crippen LogP contribution in [0, 0.1) is 29.6 Å². The van der Waals surface area contributed by atoms with E-state index in [0.29, 0.717) is 11.8 Å². The van der Waals surface area contributed by atoms with Gasteiger partial charge in [-0.15, -0.1) is 0 Å². The molecule has 4 aliphatic carbocycles. The van der Waals surface area contributed by atoms with Crippen LogP contribution in [0.5, 0.6) is 0 Å².